The molecule has 180 valence electrons. The number of aliphatic carboxylic acids is 1. The molecule has 0 aliphatic heterocycles. The van der Waals surface area contributed by atoms with Crippen LogP contribution in [-0.4, -0.2) is 27.2 Å². The molecule has 0 saturated carbocycles. The SMILES string of the molecule is Cc1ccn(C(CN[C@@H](CC(=O)O)c2ccnc(-c3c(C)cccc3C)c2)CC(C)C)c(=O)c1. The minimum absolute atomic E-state index is 0.0385. The van der Waals surface area contributed by atoms with E-state index in [1.807, 2.05) is 37.4 Å². The summed E-state index contributed by atoms with van der Waals surface area (Å²) in [6.07, 6.45) is 4.32. The Morgan fingerprint density at radius 3 is 2.41 bits per heavy atom. The third kappa shape index (κ3) is 6.41. The third-order valence-electron chi connectivity index (χ3n) is 6.14. The van der Waals surface area contributed by atoms with Crippen molar-refractivity contribution in [2.24, 2.45) is 5.92 Å². The second-order valence-corrected chi connectivity index (χ2v) is 9.53. The molecule has 6 heteroatoms. The van der Waals surface area contributed by atoms with Gasteiger partial charge in [-0.1, -0.05) is 32.0 Å². The predicted octanol–water partition coefficient (Wildman–Crippen LogP) is 5.23. The second-order valence-electron chi connectivity index (χ2n) is 9.53. The summed E-state index contributed by atoms with van der Waals surface area (Å²) < 4.78 is 1.76. The first-order valence-electron chi connectivity index (χ1n) is 11.8. The molecule has 0 radical (unpaired) electrons. The molecule has 1 aromatic carbocycles. The van der Waals surface area contributed by atoms with Crippen molar-refractivity contribution in [2.45, 2.75) is 59.5 Å². The lowest BCUT2D eigenvalue weighted by molar-refractivity contribution is -0.137. The van der Waals surface area contributed by atoms with Gasteiger partial charge in [-0.2, -0.15) is 0 Å². The average Bonchev–Trinajstić information content (AvgIpc) is 2.75. The van der Waals surface area contributed by atoms with Crippen LogP contribution in [0.15, 0.2) is 59.7 Å². The van der Waals surface area contributed by atoms with Crippen LogP contribution >= 0.6 is 0 Å². The lowest BCUT2D eigenvalue weighted by Crippen LogP contribution is -2.35. The molecule has 0 bridgehead atoms. The lowest BCUT2D eigenvalue weighted by Gasteiger charge is -2.26. The van der Waals surface area contributed by atoms with E-state index in [0.717, 1.165) is 39.9 Å². The number of nitrogens with one attached hydrogen (secondary N) is 1. The van der Waals surface area contributed by atoms with E-state index < -0.39 is 12.0 Å². The van der Waals surface area contributed by atoms with Gasteiger partial charge in [0.1, 0.15) is 0 Å². The number of carboxylic acids is 1. The van der Waals surface area contributed by atoms with Crippen molar-refractivity contribution < 1.29 is 9.90 Å². The highest BCUT2D eigenvalue weighted by molar-refractivity contribution is 5.70. The third-order valence-corrected chi connectivity index (χ3v) is 6.14. The minimum Gasteiger partial charge on any atom is -0.481 e. The Bertz CT molecular complexity index is 1180. The maximum atomic E-state index is 12.7. The van der Waals surface area contributed by atoms with Gasteiger partial charge < -0.3 is 15.0 Å². The van der Waals surface area contributed by atoms with Gasteiger partial charge in [-0.25, -0.2) is 0 Å². The van der Waals surface area contributed by atoms with Crippen LogP contribution in [-0.2, 0) is 4.79 Å². The Balaban J connectivity index is 1.91. The van der Waals surface area contributed by atoms with Gasteiger partial charge in [-0.15, -0.1) is 0 Å². The largest absolute Gasteiger partial charge is 0.481 e. The maximum absolute atomic E-state index is 12.7. The maximum Gasteiger partial charge on any atom is 0.305 e. The number of aryl methyl sites for hydroxylation is 3. The Kier molecular flexibility index (Phi) is 8.40. The number of benzene rings is 1. The fraction of sp³-hybridized carbons (Fsp3) is 0.393. The van der Waals surface area contributed by atoms with E-state index in [2.05, 4.69) is 50.1 Å². The summed E-state index contributed by atoms with van der Waals surface area (Å²) in [5.41, 5.74) is 5.92. The number of pyridine rings is 2. The summed E-state index contributed by atoms with van der Waals surface area (Å²) in [7, 11) is 0. The first kappa shape index (κ1) is 25.4. The molecule has 0 aliphatic rings. The Morgan fingerprint density at radius 1 is 1.09 bits per heavy atom. The Labute approximate surface area is 201 Å². The van der Waals surface area contributed by atoms with Gasteiger partial charge in [0.05, 0.1) is 12.1 Å². The normalized spacial score (nSPS) is 13.1. The van der Waals surface area contributed by atoms with Crippen LogP contribution in [0.2, 0.25) is 0 Å². The zero-order valence-corrected chi connectivity index (χ0v) is 20.7. The second kappa shape index (κ2) is 11.3. The summed E-state index contributed by atoms with van der Waals surface area (Å²) in [6, 6.07) is 13.1. The molecule has 34 heavy (non-hydrogen) atoms. The summed E-state index contributed by atoms with van der Waals surface area (Å²) in [5.74, 6) is -0.495. The van der Waals surface area contributed by atoms with Gasteiger partial charge in [0.15, 0.2) is 0 Å². The van der Waals surface area contributed by atoms with Gasteiger partial charge >= 0.3 is 5.97 Å². The number of hydrogen-bond acceptors (Lipinski definition) is 4. The molecule has 0 fully saturated rings. The summed E-state index contributed by atoms with van der Waals surface area (Å²) in [5, 5.41) is 13.1. The number of hydrogen-bond donors (Lipinski definition) is 2. The van der Waals surface area contributed by atoms with Gasteiger partial charge in [0, 0.05) is 42.7 Å². The van der Waals surface area contributed by atoms with Crippen LogP contribution in [0.25, 0.3) is 11.3 Å². The van der Waals surface area contributed by atoms with Crippen LogP contribution in [0, 0.1) is 26.7 Å². The van der Waals surface area contributed by atoms with E-state index in [1.165, 1.54) is 0 Å². The molecular formula is C28H35N3O3. The minimum atomic E-state index is -0.879. The first-order valence-corrected chi connectivity index (χ1v) is 11.8. The van der Waals surface area contributed by atoms with E-state index in [-0.39, 0.29) is 18.0 Å². The number of nitrogens with zero attached hydrogens (tertiary/aromatic N) is 2. The molecule has 0 aliphatic carbocycles. The fourth-order valence-corrected chi connectivity index (χ4v) is 4.51. The van der Waals surface area contributed by atoms with Crippen molar-refractivity contribution in [2.75, 3.05) is 6.54 Å². The zero-order chi connectivity index (χ0) is 24.8. The van der Waals surface area contributed by atoms with E-state index in [0.29, 0.717) is 12.5 Å². The van der Waals surface area contributed by atoms with E-state index in [1.54, 1.807) is 16.8 Å². The predicted molar refractivity (Wildman–Crippen MR) is 136 cm³/mol. The van der Waals surface area contributed by atoms with Crippen molar-refractivity contribution >= 4 is 5.97 Å². The van der Waals surface area contributed by atoms with Crippen molar-refractivity contribution in [3.05, 3.63) is 87.5 Å². The monoisotopic (exact) mass is 461 g/mol. The molecule has 0 spiro atoms. The van der Waals surface area contributed by atoms with E-state index in [4.69, 9.17) is 0 Å². The van der Waals surface area contributed by atoms with Crippen LogP contribution in [0.5, 0.6) is 0 Å². The van der Waals surface area contributed by atoms with Crippen molar-refractivity contribution in [3.63, 3.8) is 0 Å². The lowest BCUT2D eigenvalue weighted by atomic mass is 9.96. The van der Waals surface area contributed by atoms with Crippen molar-refractivity contribution in [1.82, 2.24) is 14.9 Å². The number of carboxylic acid groups (broad SMARTS) is 1. The van der Waals surface area contributed by atoms with E-state index in [9.17, 15) is 14.7 Å². The van der Waals surface area contributed by atoms with Crippen molar-refractivity contribution in [1.29, 1.82) is 0 Å². The summed E-state index contributed by atoms with van der Waals surface area (Å²) in [6.45, 7) is 10.8. The zero-order valence-electron chi connectivity index (χ0n) is 20.7. The highest BCUT2D eigenvalue weighted by Gasteiger charge is 2.21. The van der Waals surface area contributed by atoms with Gasteiger partial charge in [-0.3, -0.25) is 14.6 Å². The quantitative estimate of drug-likeness (QED) is 0.432. The highest BCUT2D eigenvalue weighted by atomic mass is 16.4. The molecule has 1 unspecified atom stereocenters. The number of rotatable bonds is 10. The molecule has 6 nitrogen and oxygen atoms in total. The molecule has 0 saturated heterocycles. The molecule has 2 N–H and O–H groups in total. The Morgan fingerprint density at radius 2 is 1.79 bits per heavy atom. The summed E-state index contributed by atoms with van der Waals surface area (Å²) >= 11 is 0. The Hall–Kier alpha value is -3.25. The molecule has 2 aromatic heterocycles. The number of carbonyl (C=O) groups is 1. The smallest absolute Gasteiger partial charge is 0.305 e. The molecule has 3 rings (SSSR count). The van der Waals surface area contributed by atoms with Crippen LogP contribution in [0.4, 0.5) is 0 Å². The average molecular weight is 462 g/mol. The topological polar surface area (TPSA) is 84.2 Å². The highest BCUT2D eigenvalue weighted by Crippen LogP contribution is 2.28. The standard InChI is InChI=1S/C28H35N3O3/c1-18(2)13-23(31-12-10-19(3)14-26(31)32)17-30-24(16-27(33)34)22-9-11-29-25(15-22)28-20(4)7-6-8-21(28)5/h6-12,14-15,18,23-24,30H,13,16-17H2,1-5H3,(H,33,34)/t23?,24-/m0/s1. The molecule has 2 heterocycles. The number of aromatic nitrogens is 2. The molecule has 2 atom stereocenters. The molecular weight excluding hydrogens is 426 g/mol. The van der Waals surface area contributed by atoms with Gasteiger partial charge in [-0.05, 0) is 73.6 Å². The van der Waals surface area contributed by atoms with Gasteiger partial charge in [0.25, 0.3) is 5.56 Å². The molecule has 3 aromatic rings. The molecule has 0 amide bonds. The van der Waals surface area contributed by atoms with Crippen molar-refractivity contribution in [3.8, 4) is 11.3 Å². The van der Waals surface area contributed by atoms with E-state index >= 15 is 0 Å². The fourth-order valence-electron chi connectivity index (χ4n) is 4.51. The summed E-state index contributed by atoms with van der Waals surface area (Å²) in [4.78, 5) is 28.9. The first-order chi connectivity index (χ1) is 16.2. The van der Waals surface area contributed by atoms with Crippen LogP contribution in [0.1, 0.15) is 61.0 Å². The van der Waals surface area contributed by atoms with Gasteiger partial charge in [0.2, 0.25) is 0 Å². The van der Waals surface area contributed by atoms with Crippen LogP contribution < -0.4 is 10.9 Å². The van der Waals surface area contributed by atoms with Crippen LogP contribution in [0.3, 0.4) is 0 Å².